The van der Waals surface area contributed by atoms with Crippen LogP contribution in [0.25, 0.3) is 0 Å². The molecule has 1 aromatic rings. The minimum atomic E-state index is -0.486. The first-order valence-corrected chi connectivity index (χ1v) is 8.26. The van der Waals surface area contributed by atoms with Crippen LogP contribution in [0.15, 0.2) is 35.9 Å². The molecule has 0 atom stereocenters. The third kappa shape index (κ3) is 5.45. The Morgan fingerprint density at radius 2 is 1.96 bits per heavy atom. The summed E-state index contributed by atoms with van der Waals surface area (Å²) in [4.78, 5) is 25.2. The Hall–Kier alpha value is -2.21. The van der Waals surface area contributed by atoms with Crippen LogP contribution >= 0.6 is 0 Å². The number of benzene rings is 1. The summed E-state index contributed by atoms with van der Waals surface area (Å²) < 4.78 is 12.8. The fraction of sp³-hybridized carbons (Fsp3) is 0.444. The standard InChI is InChI=1S/C18H23FN2O3/c19-16-9-6-14(7-10-16)4-1-2-12-21-13-3-5-15(18(21)23)8-11-17(22)20-24/h5-7,9-10,24H,1-4,8,11-13H2,(H,20,22). The summed E-state index contributed by atoms with van der Waals surface area (Å²) in [6.07, 6.45) is 5.79. The van der Waals surface area contributed by atoms with Crippen LogP contribution in [-0.2, 0) is 16.0 Å². The number of aryl methyl sites for hydroxylation is 1. The van der Waals surface area contributed by atoms with Gasteiger partial charge in [0.1, 0.15) is 5.82 Å². The normalized spacial score (nSPS) is 14.5. The van der Waals surface area contributed by atoms with Gasteiger partial charge in [-0.1, -0.05) is 18.2 Å². The van der Waals surface area contributed by atoms with Crippen LogP contribution in [-0.4, -0.2) is 35.0 Å². The molecular formula is C18H23FN2O3. The lowest BCUT2D eigenvalue weighted by molar-refractivity contribution is -0.129. The van der Waals surface area contributed by atoms with Gasteiger partial charge in [-0.15, -0.1) is 0 Å². The average molecular weight is 334 g/mol. The zero-order valence-corrected chi connectivity index (χ0v) is 13.6. The number of carbonyl (C=O) groups excluding carboxylic acids is 2. The van der Waals surface area contributed by atoms with Crippen molar-refractivity contribution in [1.29, 1.82) is 0 Å². The Morgan fingerprint density at radius 1 is 1.21 bits per heavy atom. The number of hydroxylamine groups is 1. The molecule has 0 saturated heterocycles. The Kier molecular flexibility index (Phi) is 6.93. The molecule has 130 valence electrons. The summed E-state index contributed by atoms with van der Waals surface area (Å²) in [5.74, 6) is -0.735. The van der Waals surface area contributed by atoms with E-state index in [9.17, 15) is 14.0 Å². The number of nitrogens with zero attached hydrogens (tertiary/aromatic N) is 1. The maximum Gasteiger partial charge on any atom is 0.249 e. The lowest BCUT2D eigenvalue weighted by Gasteiger charge is -2.27. The molecule has 0 saturated carbocycles. The van der Waals surface area contributed by atoms with Crippen LogP contribution in [0.5, 0.6) is 0 Å². The number of carbonyl (C=O) groups is 2. The molecule has 0 fully saturated rings. The van der Waals surface area contributed by atoms with E-state index in [0.29, 0.717) is 25.1 Å². The smallest absolute Gasteiger partial charge is 0.249 e. The topological polar surface area (TPSA) is 69.6 Å². The number of unbranched alkanes of at least 4 members (excludes halogenated alkanes) is 1. The number of rotatable bonds is 8. The van der Waals surface area contributed by atoms with Crippen molar-refractivity contribution in [1.82, 2.24) is 10.4 Å². The van der Waals surface area contributed by atoms with Crippen LogP contribution in [0, 0.1) is 5.82 Å². The Bertz CT molecular complexity index is 599. The molecule has 2 rings (SSSR count). The van der Waals surface area contributed by atoms with Crippen molar-refractivity contribution in [2.75, 3.05) is 13.1 Å². The van der Waals surface area contributed by atoms with Crippen molar-refractivity contribution in [2.45, 2.75) is 38.5 Å². The summed E-state index contributed by atoms with van der Waals surface area (Å²) in [6.45, 7) is 1.38. The fourth-order valence-corrected chi connectivity index (χ4v) is 2.80. The number of halogens is 1. The molecule has 0 spiro atoms. The van der Waals surface area contributed by atoms with Crippen LogP contribution in [0.1, 0.15) is 37.7 Å². The Balaban J connectivity index is 1.72. The molecule has 1 aromatic carbocycles. The first-order chi connectivity index (χ1) is 11.6. The van der Waals surface area contributed by atoms with Crippen molar-refractivity contribution >= 4 is 11.8 Å². The van der Waals surface area contributed by atoms with Gasteiger partial charge in [-0.3, -0.25) is 14.8 Å². The highest BCUT2D eigenvalue weighted by molar-refractivity contribution is 5.94. The molecule has 5 nitrogen and oxygen atoms in total. The molecule has 6 heteroatoms. The van der Waals surface area contributed by atoms with Gasteiger partial charge < -0.3 is 4.90 Å². The van der Waals surface area contributed by atoms with E-state index in [1.807, 2.05) is 11.0 Å². The highest BCUT2D eigenvalue weighted by atomic mass is 19.1. The van der Waals surface area contributed by atoms with E-state index in [2.05, 4.69) is 0 Å². The van der Waals surface area contributed by atoms with Gasteiger partial charge in [0, 0.05) is 25.1 Å². The molecule has 0 aromatic heterocycles. The molecule has 2 amide bonds. The van der Waals surface area contributed by atoms with Gasteiger partial charge >= 0.3 is 0 Å². The van der Waals surface area contributed by atoms with E-state index in [-0.39, 0.29) is 18.1 Å². The first kappa shape index (κ1) is 18.1. The third-order valence-electron chi connectivity index (χ3n) is 4.15. The SMILES string of the molecule is O=C(CCC1=CCCN(CCCCc2ccc(F)cc2)C1=O)NO. The fourth-order valence-electron chi connectivity index (χ4n) is 2.80. The Morgan fingerprint density at radius 3 is 2.67 bits per heavy atom. The summed E-state index contributed by atoms with van der Waals surface area (Å²) in [5, 5.41) is 8.50. The monoisotopic (exact) mass is 334 g/mol. The number of hydrogen-bond donors (Lipinski definition) is 2. The van der Waals surface area contributed by atoms with Crippen LogP contribution in [0.2, 0.25) is 0 Å². The van der Waals surface area contributed by atoms with E-state index in [0.717, 1.165) is 31.2 Å². The number of amides is 2. The number of hydrogen-bond acceptors (Lipinski definition) is 3. The van der Waals surface area contributed by atoms with E-state index >= 15 is 0 Å². The van der Waals surface area contributed by atoms with E-state index < -0.39 is 5.91 Å². The maximum absolute atomic E-state index is 12.8. The molecule has 1 heterocycles. The minimum Gasteiger partial charge on any atom is -0.339 e. The average Bonchev–Trinajstić information content (AvgIpc) is 2.60. The van der Waals surface area contributed by atoms with E-state index in [4.69, 9.17) is 5.21 Å². The first-order valence-electron chi connectivity index (χ1n) is 8.26. The largest absolute Gasteiger partial charge is 0.339 e. The van der Waals surface area contributed by atoms with E-state index in [1.165, 1.54) is 12.1 Å². The second-order valence-electron chi connectivity index (χ2n) is 5.93. The minimum absolute atomic E-state index is 0.0197. The molecule has 2 N–H and O–H groups in total. The lowest BCUT2D eigenvalue weighted by Crippen LogP contribution is -2.36. The second-order valence-corrected chi connectivity index (χ2v) is 5.93. The molecule has 0 unspecified atom stereocenters. The van der Waals surface area contributed by atoms with Crippen molar-refractivity contribution in [3.63, 3.8) is 0 Å². The van der Waals surface area contributed by atoms with Crippen molar-refractivity contribution < 1.29 is 19.2 Å². The second kappa shape index (κ2) is 9.17. The van der Waals surface area contributed by atoms with E-state index in [1.54, 1.807) is 17.6 Å². The highest BCUT2D eigenvalue weighted by Crippen LogP contribution is 2.17. The highest BCUT2D eigenvalue weighted by Gasteiger charge is 2.21. The quantitative estimate of drug-likeness (QED) is 0.436. The van der Waals surface area contributed by atoms with Gasteiger partial charge in [0.05, 0.1) is 0 Å². The van der Waals surface area contributed by atoms with Gasteiger partial charge in [-0.2, -0.15) is 0 Å². The van der Waals surface area contributed by atoms with Gasteiger partial charge in [0.25, 0.3) is 0 Å². The van der Waals surface area contributed by atoms with Gasteiger partial charge in [-0.25, -0.2) is 9.87 Å². The van der Waals surface area contributed by atoms with Gasteiger partial charge in [0.15, 0.2) is 0 Å². The maximum atomic E-state index is 12.8. The molecule has 0 aliphatic carbocycles. The van der Waals surface area contributed by atoms with Crippen LogP contribution in [0.3, 0.4) is 0 Å². The zero-order chi connectivity index (χ0) is 17.4. The van der Waals surface area contributed by atoms with Crippen LogP contribution in [0.4, 0.5) is 4.39 Å². The molecule has 24 heavy (non-hydrogen) atoms. The van der Waals surface area contributed by atoms with Crippen molar-refractivity contribution in [3.05, 3.63) is 47.3 Å². The Labute approximate surface area is 141 Å². The molecule has 0 bridgehead atoms. The summed E-state index contributed by atoms with van der Waals surface area (Å²) in [6, 6.07) is 6.50. The predicted molar refractivity (Wildman–Crippen MR) is 87.8 cm³/mol. The summed E-state index contributed by atoms with van der Waals surface area (Å²) >= 11 is 0. The van der Waals surface area contributed by atoms with Crippen molar-refractivity contribution in [3.8, 4) is 0 Å². The zero-order valence-electron chi connectivity index (χ0n) is 13.6. The summed E-state index contributed by atoms with van der Waals surface area (Å²) in [7, 11) is 0. The predicted octanol–water partition coefficient (Wildman–Crippen LogP) is 2.59. The van der Waals surface area contributed by atoms with Gasteiger partial charge in [0.2, 0.25) is 11.8 Å². The third-order valence-corrected chi connectivity index (χ3v) is 4.15. The molecular weight excluding hydrogens is 311 g/mol. The van der Waals surface area contributed by atoms with Crippen LogP contribution < -0.4 is 5.48 Å². The number of nitrogens with one attached hydrogen (secondary N) is 1. The summed E-state index contributed by atoms with van der Waals surface area (Å²) in [5.41, 5.74) is 3.31. The molecule has 1 aliphatic rings. The van der Waals surface area contributed by atoms with Gasteiger partial charge in [-0.05, 0) is 49.8 Å². The molecule has 0 radical (unpaired) electrons. The lowest BCUT2D eigenvalue weighted by atomic mass is 10.0. The van der Waals surface area contributed by atoms with Crippen molar-refractivity contribution in [2.24, 2.45) is 0 Å². The molecule has 1 aliphatic heterocycles.